The van der Waals surface area contributed by atoms with Crippen molar-refractivity contribution in [1.82, 2.24) is 5.32 Å². The van der Waals surface area contributed by atoms with Crippen LogP contribution in [0.4, 0.5) is 23.2 Å². The van der Waals surface area contributed by atoms with E-state index >= 15 is 0 Å². The minimum absolute atomic E-state index is 0.0529. The molecule has 1 aliphatic rings. The van der Waals surface area contributed by atoms with Crippen LogP contribution in [0.5, 0.6) is 0 Å². The minimum Gasteiger partial charge on any atom is -0.326 e. The second-order valence-corrected chi connectivity index (χ2v) is 4.92. The van der Waals surface area contributed by atoms with Gasteiger partial charge < -0.3 is 10.6 Å². The van der Waals surface area contributed by atoms with Gasteiger partial charge in [0.05, 0.1) is 11.5 Å². The van der Waals surface area contributed by atoms with Gasteiger partial charge in [-0.05, 0) is 30.7 Å². The van der Waals surface area contributed by atoms with Gasteiger partial charge in [-0.25, -0.2) is 4.39 Å². The molecular weight excluding hydrogens is 276 g/mol. The molecule has 110 valence electrons. The summed E-state index contributed by atoms with van der Waals surface area (Å²) in [5.74, 6) is -1.90. The number of anilines is 1. The van der Waals surface area contributed by atoms with E-state index in [1.54, 1.807) is 0 Å². The standard InChI is InChI=1S/C13H14F4N2O/c1-7-5-18-6-9(7)12(20)19-8-2-3-11(14)10(4-8)13(15,16)17/h2-4,7,9,18H,5-6H2,1H3,(H,19,20). The number of carbonyl (C=O) groups is 1. The van der Waals surface area contributed by atoms with E-state index in [0.717, 1.165) is 6.07 Å². The number of hydrogen-bond acceptors (Lipinski definition) is 2. The van der Waals surface area contributed by atoms with E-state index < -0.39 is 17.6 Å². The van der Waals surface area contributed by atoms with Crippen LogP contribution in [0.3, 0.4) is 0 Å². The molecule has 1 heterocycles. The lowest BCUT2D eigenvalue weighted by atomic mass is 9.97. The molecule has 1 aromatic rings. The van der Waals surface area contributed by atoms with Crippen LogP contribution in [-0.2, 0) is 11.0 Å². The smallest absolute Gasteiger partial charge is 0.326 e. The van der Waals surface area contributed by atoms with Gasteiger partial charge in [0, 0.05) is 12.2 Å². The Morgan fingerprint density at radius 3 is 2.60 bits per heavy atom. The monoisotopic (exact) mass is 290 g/mol. The van der Waals surface area contributed by atoms with Gasteiger partial charge in [0.15, 0.2) is 0 Å². The highest BCUT2D eigenvalue weighted by molar-refractivity contribution is 5.93. The van der Waals surface area contributed by atoms with Gasteiger partial charge in [-0.3, -0.25) is 4.79 Å². The summed E-state index contributed by atoms with van der Waals surface area (Å²) in [6.45, 7) is 3.06. The highest BCUT2D eigenvalue weighted by Crippen LogP contribution is 2.33. The Bertz CT molecular complexity index is 516. The summed E-state index contributed by atoms with van der Waals surface area (Å²) < 4.78 is 50.8. The highest BCUT2D eigenvalue weighted by Gasteiger charge is 2.35. The van der Waals surface area contributed by atoms with Crippen molar-refractivity contribution in [2.24, 2.45) is 11.8 Å². The summed E-state index contributed by atoms with van der Waals surface area (Å²) in [6, 6.07) is 2.44. The topological polar surface area (TPSA) is 41.1 Å². The van der Waals surface area contributed by atoms with Crippen molar-refractivity contribution in [2.75, 3.05) is 18.4 Å². The second kappa shape index (κ2) is 5.40. The first-order valence-electron chi connectivity index (χ1n) is 6.17. The third kappa shape index (κ3) is 3.09. The van der Waals surface area contributed by atoms with Gasteiger partial charge in [-0.2, -0.15) is 13.2 Å². The molecule has 0 spiro atoms. The van der Waals surface area contributed by atoms with Crippen LogP contribution in [0, 0.1) is 17.7 Å². The number of carbonyl (C=O) groups excluding carboxylic acids is 1. The summed E-state index contributed by atoms with van der Waals surface area (Å²) >= 11 is 0. The Kier molecular flexibility index (Phi) is 3.99. The molecular formula is C13H14F4N2O. The van der Waals surface area contributed by atoms with E-state index in [0.29, 0.717) is 25.2 Å². The van der Waals surface area contributed by atoms with Crippen LogP contribution in [0.1, 0.15) is 12.5 Å². The fourth-order valence-electron chi connectivity index (χ4n) is 2.22. The molecule has 2 unspecified atom stereocenters. The van der Waals surface area contributed by atoms with Crippen molar-refractivity contribution >= 4 is 11.6 Å². The zero-order valence-corrected chi connectivity index (χ0v) is 10.7. The minimum atomic E-state index is -4.78. The number of rotatable bonds is 2. The van der Waals surface area contributed by atoms with Crippen molar-refractivity contribution in [1.29, 1.82) is 0 Å². The van der Waals surface area contributed by atoms with E-state index in [2.05, 4.69) is 10.6 Å². The molecule has 1 amide bonds. The van der Waals surface area contributed by atoms with Gasteiger partial charge >= 0.3 is 6.18 Å². The molecule has 3 nitrogen and oxygen atoms in total. The second-order valence-electron chi connectivity index (χ2n) is 4.92. The zero-order chi connectivity index (χ0) is 14.9. The molecule has 1 saturated heterocycles. The number of benzene rings is 1. The molecule has 0 bridgehead atoms. The zero-order valence-electron chi connectivity index (χ0n) is 10.7. The number of alkyl halides is 3. The first-order valence-corrected chi connectivity index (χ1v) is 6.17. The summed E-state index contributed by atoms with van der Waals surface area (Å²) in [4.78, 5) is 11.9. The maximum absolute atomic E-state index is 13.1. The number of amides is 1. The third-order valence-electron chi connectivity index (χ3n) is 3.39. The van der Waals surface area contributed by atoms with E-state index in [1.165, 1.54) is 0 Å². The molecule has 1 fully saturated rings. The first-order chi connectivity index (χ1) is 9.29. The highest BCUT2D eigenvalue weighted by atomic mass is 19.4. The van der Waals surface area contributed by atoms with Crippen molar-refractivity contribution in [3.05, 3.63) is 29.6 Å². The van der Waals surface area contributed by atoms with E-state index in [4.69, 9.17) is 0 Å². The van der Waals surface area contributed by atoms with Gasteiger partial charge in [-0.15, -0.1) is 0 Å². The molecule has 0 aromatic heterocycles. The number of halogens is 4. The van der Waals surface area contributed by atoms with Crippen molar-refractivity contribution in [3.8, 4) is 0 Å². The van der Waals surface area contributed by atoms with E-state index in [9.17, 15) is 22.4 Å². The molecule has 0 saturated carbocycles. The van der Waals surface area contributed by atoms with Crippen LogP contribution in [0.25, 0.3) is 0 Å². The van der Waals surface area contributed by atoms with Crippen molar-refractivity contribution in [3.63, 3.8) is 0 Å². The SMILES string of the molecule is CC1CNCC1C(=O)Nc1ccc(F)c(C(F)(F)F)c1. The van der Waals surface area contributed by atoms with E-state index in [1.807, 2.05) is 6.92 Å². The lowest BCUT2D eigenvalue weighted by Gasteiger charge is -2.15. The predicted molar refractivity (Wildman–Crippen MR) is 65.6 cm³/mol. The number of hydrogen-bond donors (Lipinski definition) is 2. The molecule has 1 aliphatic heterocycles. The molecule has 1 aromatic carbocycles. The van der Waals surface area contributed by atoms with Crippen LogP contribution in [-0.4, -0.2) is 19.0 Å². The summed E-state index contributed by atoms with van der Waals surface area (Å²) in [6.07, 6.45) is -4.78. The van der Waals surface area contributed by atoms with Crippen LogP contribution >= 0.6 is 0 Å². The summed E-state index contributed by atoms with van der Waals surface area (Å²) in [5, 5.41) is 5.44. The largest absolute Gasteiger partial charge is 0.419 e. The Balaban J connectivity index is 2.16. The first kappa shape index (κ1) is 14.8. The van der Waals surface area contributed by atoms with Gasteiger partial charge in [0.1, 0.15) is 5.82 Å². The van der Waals surface area contributed by atoms with Crippen LogP contribution in [0.2, 0.25) is 0 Å². The van der Waals surface area contributed by atoms with Crippen LogP contribution < -0.4 is 10.6 Å². The molecule has 2 atom stereocenters. The quantitative estimate of drug-likeness (QED) is 0.822. The summed E-state index contributed by atoms with van der Waals surface area (Å²) in [7, 11) is 0. The predicted octanol–water partition coefficient (Wildman–Crippen LogP) is 2.64. The van der Waals surface area contributed by atoms with Crippen molar-refractivity contribution < 1.29 is 22.4 Å². The molecule has 0 aliphatic carbocycles. The molecule has 2 N–H and O–H groups in total. The molecule has 20 heavy (non-hydrogen) atoms. The maximum atomic E-state index is 13.1. The normalized spacial score (nSPS) is 22.9. The average Bonchev–Trinajstić information content (AvgIpc) is 2.76. The summed E-state index contributed by atoms with van der Waals surface area (Å²) in [5.41, 5.74) is -1.43. The van der Waals surface area contributed by atoms with Crippen LogP contribution in [0.15, 0.2) is 18.2 Å². The number of nitrogens with one attached hydrogen (secondary N) is 2. The van der Waals surface area contributed by atoms with E-state index in [-0.39, 0.29) is 23.4 Å². The fourth-order valence-corrected chi connectivity index (χ4v) is 2.22. The Hall–Kier alpha value is -1.63. The lowest BCUT2D eigenvalue weighted by Crippen LogP contribution is -2.28. The molecule has 0 radical (unpaired) electrons. The van der Waals surface area contributed by atoms with Gasteiger partial charge in [0.25, 0.3) is 0 Å². The maximum Gasteiger partial charge on any atom is 0.419 e. The Labute approximate surface area is 113 Å². The molecule has 2 rings (SSSR count). The molecule has 7 heteroatoms. The average molecular weight is 290 g/mol. The van der Waals surface area contributed by atoms with Gasteiger partial charge in [-0.1, -0.05) is 6.92 Å². The third-order valence-corrected chi connectivity index (χ3v) is 3.39. The van der Waals surface area contributed by atoms with Gasteiger partial charge in [0.2, 0.25) is 5.91 Å². The lowest BCUT2D eigenvalue weighted by molar-refractivity contribution is -0.140. The van der Waals surface area contributed by atoms with Crippen molar-refractivity contribution in [2.45, 2.75) is 13.1 Å². The fraction of sp³-hybridized carbons (Fsp3) is 0.462. The Morgan fingerprint density at radius 2 is 2.05 bits per heavy atom. The Morgan fingerprint density at radius 1 is 1.35 bits per heavy atom.